The number of amides is 1. The highest BCUT2D eigenvalue weighted by atomic mass is 16.1. The number of carbonyl (C=O) groups excluding carboxylic acids is 1. The lowest BCUT2D eigenvalue weighted by Gasteiger charge is -2.08. The Bertz CT molecular complexity index is 856. The molecule has 22 heavy (non-hydrogen) atoms. The first-order valence-electron chi connectivity index (χ1n) is 6.52. The van der Waals surface area contributed by atoms with E-state index in [2.05, 4.69) is 15.5 Å². The number of nitrogens with one attached hydrogen (secondary N) is 1. The molecule has 0 bridgehead atoms. The van der Waals surface area contributed by atoms with Gasteiger partial charge >= 0.3 is 0 Å². The lowest BCUT2D eigenvalue weighted by Crippen LogP contribution is -2.15. The van der Waals surface area contributed by atoms with Crippen molar-refractivity contribution in [2.45, 2.75) is 0 Å². The van der Waals surface area contributed by atoms with E-state index in [4.69, 9.17) is 0 Å². The molecule has 0 saturated heterocycles. The quantitative estimate of drug-likeness (QED) is 0.796. The summed E-state index contributed by atoms with van der Waals surface area (Å²) in [5, 5.41) is 20.0. The summed E-state index contributed by atoms with van der Waals surface area (Å²) in [6, 6.07) is 11.3. The molecule has 0 aliphatic heterocycles. The zero-order valence-corrected chi connectivity index (χ0v) is 11.8. The normalized spacial score (nSPS) is 10.2. The molecule has 0 saturated carbocycles. The maximum absolute atomic E-state index is 12.3. The molecular weight excluding hydrogens is 280 g/mol. The molecule has 1 N–H and O–H groups in total. The van der Waals surface area contributed by atoms with Crippen LogP contribution in [0.15, 0.2) is 48.9 Å². The van der Waals surface area contributed by atoms with Crippen LogP contribution in [-0.4, -0.2) is 25.5 Å². The molecule has 0 atom stereocenters. The summed E-state index contributed by atoms with van der Waals surface area (Å²) in [5.41, 5.74) is 1.46. The number of nitriles is 1. The summed E-state index contributed by atoms with van der Waals surface area (Å²) in [7, 11) is 1.73. The van der Waals surface area contributed by atoms with Gasteiger partial charge < -0.3 is 5.32 Å². The summed E-state index contributed by atoms with van der Waals surface area (Å²) in [5.74, 6) is -0.00941. The minimum Gasteiger partial charge on any atom is -0.305 e. The summed E-state index contributed by atoms with van der Waals surface area (Å²) in [6.45, 7) is 0. The van der Waals surface area contributed by atoms with Crippen molar-refractivity contribution in [3.8, 4) is 11.8 Å². The van der Waals surface area contributed by atoms with Gasteiger partial charge in [0.25, 0.3) is 5.91 Å². The molecular formula is C15H12N6O. The lowest BCUT2D eigenvalue weighted by molar-refractivity contribution is 0.102. The van der Waals surface area contributed by atoms with Crippen LogP contribution in [0.2, 0.25) is 0 Å². The number of para-hydroxylation sites is 1. The maximum atomic E-state index is 12.3. The second kappa shape index (κ2) is 5.54. The Balaban J connectivity index is 1.98. The molecule has 0 aliphatic rings. The number of hydrogen-bond acceptors (Lipinski definition) is 4. The van der Waals surface area contributed by atoms with Gasteiger partial charge in [-0.2, -0.15) is 15.5 Å². The Morgan fingerprint density at radius 1 is 1.23 bits per heavy atom. The van der Waals surface area contributed by atoms with Gasteiger partial charge in [0.1, 0.15) is 11.6 Å². The fraction of sp³-hybridized carbons (Fsp3) is 0.0667. The zero-order chi connectivity index (χ0) is 15.5. The van der Waals surface area contributed by atoms with E-state index in [0.29, 0.717) is 16.9 Å². The van der Waals surface area contributed by atoms with Crippen molar-refractivity contribution >= 4 is 11.7 Å². The second-order valence-corrected chi connectivity index (χ2v) is 4.62. The molecule has 0 aliphatic carbocycles. The van der Waals surface area contributed by atoms with E-state index in [1.54, 1.807) is 13.2 Å². The highest BCUT2D eigenvalue weighted by Gasteiger charge is 2.16. The predicted octanol–water partition coefficient (Wildman–Crippen LogP) is 1.73. The van der Waals surface area contributed by atoms with Gasteiger partial charge in [0.2, 0.25) is 0 Å². The highest BCUT2D eigenvalue weighted by molar-refractivity contribution is 6.04. The van der Waals surface area contributed by atoms with Gasteiger partial charge in [-0.05, 0) is 12.1 Å². The standard InChI is InChI=1S/C15H12N6O/c1-20-10-12(9-17-20)15(22)19-14-11(7-16)8-18-21(14)13-5-3-2-4-6-13/h2-6,8-10H,1H3,(H,19,22). The van der Waals surface area contributed by atoms with Crippen LogP contribution in [0.4, 0.5) is 5.82 Å². The molecule has 1 amide bonds. The molecule has 7 heteroatoms. The topological polar surface area (TPSA) is 88.5 Å². The van der Waals surface area contributed by atoms with E-state index in [1.165, 1.54) is 21.8 Å². The minimum atomic E-state index is -0.345. The van der Waals surface area contributed by atoms with Crippen molar-refractivity contribution in [2.24, 2.45) is 7.05 Å². The first kappa shape index (κ1) is 13.6. The Morgan fingerprint density at radius 3 is 2.64 bits per heavy atom. The molecule has 0 unspecified atom stereocenters. The number of carbonyl (C=O) groups is 1. The van der Waals surface area contributed by atoms with Crippen LogP contribution in [0.1, 0.15) is 15.9 Å². The van der Waals surface area contributed by atoms with E-state index in [9.17, 15) is 10.1 Å². The van der Waals surface area contributed by atoms with E-state index < -0.39 is 0 Å². The summed E-state index contributed by atoms with van der Waals surface area (Å²) in [4.78, 5) is 12.3. The number of anilines is 1. The summed E-state index contributed by atoms with van der Waals surface area (Å²) in [6.07, 6.45) is 4.49. The van der Waals surface area contributed by atoms with Crippen LogP contribution in [-0.2, 0) is 7.05 Å². The molecule has 3 rings (SSSR count). The fourth-order valence-electron chi connectivity index (χ4n) is 2.03. The third-order valence-electron chi connectivity index (χ3n) is 3.09. The van der Waals surface area contributed by atoms with Gasteiger partial charge in [-0.3, -0.25) is 9.48 Å². The van der Waals surface area contributed by atoms with Crippen LogP contribution in [0.3, 0.4) is 0 Å². The Labute approximate surface area is 126 Å². The largest absolute Gasteiger partial charge is 0.305 e. The molecule has 0 radical (unpaired) electrons. The highest BCUT2D eigenvalue weighted by Crippen LogP contribution is 2.20. The first-order chi connectivity index (χ1) is 10.7. The van der Waals surface area contributed by atoms with E-state index in [0.717, 1.165) is 5.69 Å². The Kier molecular flexibility index (Phi) is 3.42. The van der Waals surface area contributed by atoms with Crippen LogP contribution >= 0.6 is 0 Å². The number of hydrogen-bond donors (Lipinski definition) is 1. The molecule has 108 valence electrons. The van der Waals surface area contributed by atoms with Gasteiger partial charge in [-0.15, -0.1) is 0 Å². The van der Waals surface area contributed by atoms with Crippen LogP contribution in [0, 0.1) is 11.3 Å². The number of benzene rings is 1. The molecule has 7 nitrogen and oxygen atoms in total. The summed E-state index contributed by atoms with van der Waals surface area (Å²) >= 11 is 0. The van der Waals surface area contributed by atoms with Crippen LogP contribution < -0.4 is 5.32 Å². The lowest BCUT2D eigenvalue weighted by atomic mass is 10.3. The molecule has 2 heterocycles. The number of rotatable bonds is 3. The smallest absolute Gasteiger partial charge is 0.260 e. The Morgan fingerprint density at radius 2 is 2.00 bits per heavy atom. The Hall–Kier alpha value is -3.40. The predicted molar refractivity (Wildman–Crippen MR) is 79.4 cm³/mol. The number of nitrogens with zero attached hydrogens (tertiary/aromatic N) is 5. The van der Waals surface area contributed by atoms with E-state index in [-0.39, 0.29) is 5.91 Å². The van der Waals surface area contributed by atoms with Gasteiger partial charge in [0.05, 0.1) is 23.6 Å². The van der Waals surface area contributed by atoms with Crippen molar-refractivity contribution in [1.29, 1.82) is 5.26 Å². The van der Waals surface area contributed by atoms with Gasteiger partial charge in [-0.1, -0.05) is 18.2 Å². The van der Waals surface area contributed by atoms with Gasteiger partial charge in [-0.25, -0.2) is 4.68 Å². The molecule has 1 aromatic carbocycles. The van der Waals surface area contributed by atoms with Crippen LogP contribution in [0.25, 0.3) is 5.69 Å². The average molecular weight is 292 g/mol. The minimum absolute atomic E-state index is 0.293. The van der Waals surface area contributed by atoms with E-state index in [1.807, 2.05) is 36.4 Å². The van der Waals surface area contributed by atoms with Gasteiger partial charge in [0, 0.05) is 13.2 Å². The molecule has 0 spiro atoms. The van der Waals surface area contributed by atoms with Crippen molar-refractivity contribution in [1.82, 2.24) is 19.6 Å². The average Bonchev–Trinajstić information content (AvgIpc) is 3.14. The van der Waals surface area contributed by atoms with E-state index >= 15 is 0 Å². The van der Waals surface area contributed by atoms with Crippen molar-refractivity contribution in [2.75, 3.05) is 5.32 Å². The third-order valence-corrected chi connectivity index (χ3v) is 3.09. The van der Waals surface area contributed by atoms with Crippen molar-refractivity contribution in [3.05, 3.63) is 60.0 Å². The van der Waals surface area contributed by atoms with Crippen LogP contribution in [0.5, 0.6) is 0 Å². The third kappa shape index (κ3) is 2.45. The van der Waals surface area contributed by atoms with Crippen molar-refractivity contribution in [3.63, 3.8) is 0 Å². The second-order valence-electron chi connectivity index (χ2n) is 4.62. The SMILES string of the molecule is Cn1cc(C(=O)Nc2c(C#N)cnn2-c2ccccc2)cn1. The maximum Gasteiger partial charge on any atom is 0.260 e. The summed E-state index contributed by atoms with van der Waals surface area (Å²) < 4.78 is 3.06. The molecule has 3 aromatic rings. The number of aromatic nitrogens is 4. The molecule has 0 fully saturated rings. The molecule has 2 aromatic heterocycles. The number of aryl methyl sites for hydroxylation is 1. The van der Waals surface area contributed by atoms with Gasteiger partial charge in [0.15, 0.2) is 5.82 Å². The zero-order valence-electron chi connectivity index (χ0n) is 11.8. The van der Waals surface area contributed by atoms with Crippen molar-refractivity contribution < 1.29 is 4.79 Å². The fourth-order valence-corrected chi connectivity index (χ4v) is 2.03. The first-order valence-corrected chi connectivity index (χ1v) is 6.52. The monoisotopic (exact) mass is 292 g/mol.